The van der Waals surface area contributed by atoms with Crippen molar-refractivity contribution in [3.63, 3.8) is 0 Å². The first-order valence-corrected chi connectivity index (χ1v) is 6.42. The maximum absolute atomic E-state index is 5.78. The monoisotopic (exact) mass is 259 g/mol. The third kappa shape index (κ3) is 2.97. The van der Waals surface area contributed by atoms with E-state index in [0.717, 1.165) is 36.8 Å². The summed E-state index contributed by atoms with van der Waals surface area (Å²) in [7, 11) is 0. The van der Waals surface area contributed by atoms with Crippen molar-refractivity contribution in [2.75, 3.05) is 19.7 Å². The van der Waals surface area contributed by atoms with Crippen LogP contribution in [0, 0.1) is 6.92 Å². The van der Waals surface area contributed by atoms with Gasteiger partial charge in [0.1, 0.15) is 6.10 Å². The highest BCUT2D eigenvalue weighted by molar-refractivity contribution is 5.03. The predicted molar refractivity (Wildman–Crippen MR) is 69.3 cm³/mol. The first-order valence-electron chi connectivity index (χ1n) is 6.42. The second-order valence-corrected chi connectivity index (χ2v) is 4.73. The first-order chi connectivity index (χ1) is 9.31. The molecule has 0 aromatic carbocycles. The highest BCUT2D eigenvalue weighted by atomic mass is 16.5. The van der Waals surface area contributed by atoms with E-state index in [2.05, 4.69) is 24.8 Å². The minimum Gasteiger partial charge on any atom is -0.368 e. The van der Waals surface area contributed by atoms with Crippen LogP contribution in [0.3, 0.4) is 0 Å². The molecule has 0 aliphatic carbocycles. The number of ether oxygens (including phenoxy) is 1. The molecule has 3 rings (SSSR count). The van der Waals surface area contributed by atoms with E-state index < -0.39 is 0 Å². The average molecular weight is 259 g/mol. The molecule has 1 atom stereocenters. The summed E-state index contributed by atoms with van der Waals surface area (Å²) in [6, 6.07) is 1.90. The molecule has 0 bridgehead atoms. The van der Waals surface area contributed by atoms with E-state index in [-0.39, 0.29) is 6.10 Å². The van der Waals surface area contributed by atoms with E-state index in [9.17, 15) is 0 Å². The molecule has 2 aromatic heterocycles. The molecule has 0 unspecified atom stereocenters. The molecule has 1 aliphatic rings. The lowest BCUT2D eigenvalue weighted by molar-refractivity contribution is -0.0376. The lowest BCUT2D eigenvalue weighted by Gasteiger charge is -2.31. The predicted octanol–water partition coefficient (Wildman–Crippen LogP) is 1.08. The summed E-state index contributed by atoms with van der Waals surface area (Å²) in [5.41, 5.74) is 2.09. The van der Waals surface area contributed by atoms with E-state index in [1.807, 2.05) is 19.2 Å². The van der Waals surface area contributed by atoms with Crippen LogP contribution < -0.4 is 0 Å². The second-order valence-electron chi connectivity index (χ2n) is 4.73. The van der Waals surface area contributed by atoms with Crippen LogP contribution in [0.5, 0.6) is 0 Å². The topological polar surface area (TPSA) is 66.9 Å². The lowest BCUT2D eigenvalue weighted by atomic mass is 10.2. The summed E-state index contributed by atoms with van der Waals surface area (Å²) in [6.07, 6.45) is 5.30. The Kier molecular flexibility index (Phi) is 3.52. The number of nitrogens with zero attached hydrogens (tertiary/aromatic N) is 4. The van der Waals surface area contributed by atoms with Crippen molar-refractivity contribution < 1.29 is 4.74 Å². The zero-order chi connectivity index (χ0) is 13.1. The van der Waals surface area contributed by atoms with Crippen molar-refractivity contribution in [1.82, 2.24) is 24.8 Å². The van der Waals surface area contributed by atoms with Crippen LogP contribution in [-0.4, -0.2) is 44.5 Å². The van der Waals surface area contributed by atoms with Crippen LogP contribution in [0.1, 0.15) is 23.3 Å². The normalized spacial score (nSPS) is 20.6. The minimum atomic E-state index is -0.0448. The molecule has 0 radical (unpaired) electrons. The zero-order valence-electron chi connectivity index (χ0n) is 10.9. The summed E-state index contributed by atoms with van der Waals surface area (Å²) < 4.78 is 5.78. The van der Waals surface area contributed by atoms with Crippen molar-refractivity contribution in [3.05, 3.63) is 42.0 Å². The molecule has 3 heterocycles. The number of imidazole rings is 1. The third-order valence-electron chi connectivity index (χ3n) is 3.20. The lowest BCUT2D eigenvalue weighted by Crippen LogP contribution is -2.38. The van der Waals surface area contributed by atoms with Gasteiger partial charge in [0.05, 0.1) is 12.9 Å². The highest BCUT2D eigenvalue weighted by Crippen LogP contribution is 2.20. The summed E-state index contributed by atoms with van der Waals surface area (Å²) in [5, 5.41) is 0. The fourth-order valence-electron chi connectivity index (χ4n) is 2.24. The molecular formula is C13H17N5O. The molecule has 0 saturated carbocycles. The van der Waals surface area contributed by atoms with Gasteiger partial charge in [-0.1, -0.05) is 0 Å². The quantitative estimate of drug-likeness (QED) is 0.893. The van der Waals surface area contributed by atoms with E-state index >= 15 is 0 Å². The number of hydrogen-bond acceptors (Lipinski definition) is 5. The largest absolute Gasteiger partial charge is 0.368 e. The molecule has 0 spiro atoms. The average Bonchev–Trinajstić information content (AvgIpc) is 2.92. The molecule has 6 nitrogen and oxygen atoms in total. The van der Waals surface area contributed by atoms with Crippen molar-refractivity contribution in [2.45, 2.75) is 19.6 Å². The third-order valence-corrected chi connectivity index (χ3v) is 3.20. The van der Waals surface area contributed by atoms with Crippen LogP contribution in [0.15, 0.2) is 24.8 Å². The molecule has 100 valence electrons. The van der Waals surface area contributed by atoms with Gasteiger partial charge in [-0.05, 0) is 13.0 Å². The molecule has 2 aromatic rings. The molecule has 1 fully saturated rings. The Balaban J connectivity index is 1.67. The second kappa shape index (κ2) is 5.46. The van der Waals surface area contributed by atoms with Crippen molar-refractivity contribution >= 4 is 0 Å². The zero-order valence-corrected chi connectivity index (χ0v) is 10.9. The van der Waals surface area contributed by atoms with Crippen LogP contribution in [0.4, 0.5) is 0 Å². The van der Waals surface area contributed by atoms with Crippen LogP contribution in [0.2, 0.25) is 0 Å². The van der Waals surface area contributed by atoms with Crippen LogP contribution >= 0.6 is 0 Å². The number of nitrogens with one attached hydrogen (secondary N) is 1. The Hall–Kier alpha value is -1.79. The Morgan fingerprint density at radius 3 is 3.26 bits per heavy atom. The molecule has 1 N–H and O–H groups in total. The molecule has 1 aliphatic heterocycles. The summed E-state index contributed by atoms with van der Waals surface area (Å²) in [6.45, 7) is 5.25. The van der Waals surface area contributed by atoms with Gasteiger partial charge >= 0.3 is 0 Å². The minimum absolute atomic E-state index is 0.0448. The van der Waals surface area contributed by atoms with Gasteiger partial charge in [0.15, 0.2) is 5.82 Å². The maximum atomic E-state index is 5.78. The number of aromatic nitrogens is 4. The van der Waals surface area contributed by atoms with Gasteiger partial charge in [-0.3, -0.25) is 4.90 Å². The summed E-state index contributed by atoms with van der Waals surface area (Å²) >= 11 is 0. The van der Waals surface area contributed by atoms with Gasteiger partial charge < -0.3 is 9.72 Å². The molecule has 0 amide bonds. The van der Waals surface area contributed by atoms with E-state index in [4.69, 9.17) is 4.74 Å². The fourth-order valence-corrected chi connectivity index (χ4v) is 2.24. The number of rotatable bonds is 3. The summed E-state index contributed by atoms with van der Waals surface area (Å²) in [4.78, 5) is 18.2. The fraction of sp³-hybridized carbons (Fsp3) is 0.462. The smallest absolute Gasteiger partial charge is 0.158 e. The van der Waals surface area contributed by atoms with E-state index in [0.29, 0.717) is 6.61 Å². The molecule has 19 heavy (non-hydrogen) atoms. The SMILES string of the molecule is Cc1ccnc([C@H]2CN(Cc3cnc[nH]3)CCO2)n1. The van der Waals surface area contributed by atoms with Gasteiger partial charge in [-0.25, -0.2) is 15.0 Å². The van der Waals surface area contributed by atoms with Gasteiger partial charge in [0.25, 0.3) is 0 Å². The van der Waals surface area contributed by atoms with Crippen molar-refractivity contribution in [3.8, 4) is 0 Å². The maximum Gasteiger partial charge on any atom is 0.158 e. The first kappa shape index (κ1) is 12.3. The summed E-state index contributed by atoms with van der Waals surface area (Å²) in [5.74, 6) is 0.773. The van der Waals surface area contributed by atoms with Gasteiger partial charge in [-0.15, -0.1) is 0 Å². The highest BCUT2D eigenvalue weighted by Gasteiger charge is 2.24. The van der Waals surface area contributed by atoms with Gasteiger partial charge in [0.2, 0.25) is 0 Å². The number of morpholine rings is 1. The van der Waals surface area contributed by atoms with Crippen LogP contribution in [-0.2, 0) is 11.3 Å². The van der Waals surface area contributed by atoms with Crippen molar-refractivity contribution in [2.24, 2.45) is 0 Å². The molecule has 6 heteroatoms. The number of hydrogen-bond donors (Lipinski definition) is 1. The Morgan fingerprint density at radius 2 is 2.47 bits per heavy atom. The standard InChI is InChI=1S/C13H17N5O/c1-10-2-3-15-13(17-10)12-8-18(4-5-19-12)7-11-6-14-9-16-11/h2-3,6,9,12H,4-5,7-8H2,1H3,(H,14,16)/t12-/m1/s1. The van der Waals surface area contributed by atoms with E-state index in [1.165, 1.54) is 0 Å². The Morgan fingerprint density at radius 1 is 1.53 bits per heavy atom. The van der Waals surface area contributed by atoms with Gasteiger partial charge in [-0.2, -0.15) is 0 Å². The number of H-pyrrole nitrogens is 1. The van der Waals surface area contributed by atoms with Crippen LogP contribution in [0.25, 0.3) is 0 Å². The van der Waals surface area contributed by atoms with Gasteiger partial charge in [0, 0.05) is 43.4 Å². The Bertz CT molecular complexity index is 528. The number of aryl methyl sites for hydroxylation is 1. The molecule has 1 saturated heterocycles. The van der Waals surface area contributed by atoms with Crippen molar-refractivity contribution in [1.29, 1.82) is 0 Å². The number of aromatic amines is 1. The Labute approximate surface area is 111 Å². The van der Waals surface area contributed by atoms with E-state index in [1.54, 1.807) is 12.5 Å². The molecular weight excluding hydrogens is 242 g/mol.